The van der Waals surface area contributed by atoms with Crippen LogP contribution in [0, 0.1) is 5.82 Å². The summed E-state index contributed by atoms with van der Waals surface area (Å²) in [6, 6.07) is 6.84. The fraction of sp³-hybridized carbons (Fsp3) is 0.562. The highest BCUT2D eigenvalue weighted by Gasteiger charge is 2.19. The molecule has 0 spiro atoms. The Kier molecular flexibility index (Phi) is 6.14. The van der Waals surface area contributed by atoms with Gasteiger partial charge in [0.1, 0.15) is 5.82 Å². The standard InChI is InChI=1S/C16H24FN3O/c1-20(15-3-2-9-18-11-15)12-16(21)19-10-8-13-4-6-14(17)7-5-13/h4-7,15,18H,2-3,8-12H2,1H3,(H,19,21). The fourth-order valence-electron chi connectivity index (χ4n) is 2.62. The second-order valence-corrected chi connectivity index (χ2v) is 5.64. The minimum Gasteiger partial charge on any atom is -0.355 e. The van der Waals surface area contributed by atoms with E-state index in [1.54, 1.807) is 12.1 Å². The number of nitrogens with one attached hydrogen (secondary N) is 2. The average molecular weight is 293 g/mol. The zero-order valence-corrected chi connectivity index (χ0v) is 12.6. The van der Waals surface area contributed by atoms with Gasteiger partial charge in [0.25, 0.3) is 0 Å². The molecule has 1 amide bonds. The van der Waals surface area contributed by atoms with Gasteiger partial charge in [0.15, 0.2) is 0 Å². The van der Waals surface area contributed by atoms with Crippen LogP contribution in [0.15, 0.2) is 24.3 Å². The molecule has 1 aliphatic rings. The topological polar surface area (TPSA) is 44.4 Å². The highest BCUT2D eigenvalue weighted by atomic mass is 19.1. The highest BCUT2D eigenvalue weighted by Crippen LogP contribution is 2.07. The van der Waals surface area contributed by atoms with Crippen LogP contribution in [0.25, 0.3) is 0 Å². The Balaban J connectivity index is 1.65. The summed E-state index contributed by atoms with van der Waals surface area (Å²) in [6.45, 7) is 3.05. The maximum atomic E-state index is 12.8. The number of likely N-dealkylation sites (N-methyl/N-ethyl adjacent to an activating group) is 1. The third kappa shape index (κ3) is 5.44. The van der Waals surface area contributed by atoms with Crippen LogP contribution in [0.1, 0.15) is 18.4 Å². The summed E-state index contributed by atoms with van der Waals surface area (Å²) in [4.78, 5) is 14.0. The number of hydrogen-bond donors (Lipinski definition) is 2. The van der Waals surface area contributed by atoms with Crippen LogP contribution in [0.5, 0.6) is 0 Å². The third-order valence-corrected chi connectivity index (χ3v) is 3.94. The maximum Gasteiger partial charge on any atom is 0.234 e. The van der Waals surface area contributed by atoms with Gasteiger partial charge in [-0.25, -0.2) is 4.39 Å². The third-order valence-electron chi connectivity index (χ3n) is 3.94. The monoisotopic (exact) mass is 293 g/mol. The van der Waals surface area contributed by atoms with E-state index in [-0.39, 0.29) is 11.7 Å². The van der Waals surface area contributed by atoms with Crippen LogP contribution in [0.3, 0.4) is 0 Å². The van der Waals surface area contributed by atoms with Crippen LogP contribution < -0.4 is 10.6 Å². The first kappa shape index (κ1) is 15.9. The Morgan fingerprint density at radius 2 is 2.19 bits per heavy atom. The summed E-state index contributed by atoms with van der Waals surface area (Å²) in [7, 11) is 2.00. The van der Waals surface area contributed by atoms with Crippen molar-refractivity contribution in [3.63, 3.8) is 0 Å². The van der Waals surface area contributed by atoms with Gasteiger partial charge in [-0.3, -0.25) is 9.69 Å². The number of carbonyl (C=O) groups is 1. The van der Waals surface area contributed by atoms with Crippen LogP contribution in [-0.4, -0.2) is 50.1 Å². The van der Waals surface area contributed by atoms with Crippen molar-refractivity contribution in [1.29, 1.82) is 0 Å². The lowest BCUT2D eigenvalue weighted by Crippen LogP contribution is -2.47. The van der Waals surface area contributed by atoms with Crippen molar-refractivity contribution >= 4 is 5.91 Å². The molecule has 0 bridgehead atoms. The summed E-state index contributed by atoms with van der Waals surface area (Å²) in [5.41, 5.74) is 1.03. The summed E-state index contributed by atoms with van der Waals surface area (Å²) in [5, 5.41) is 6.28. The van der Waals surface area contributed by atoms with Gasteiger partial charge in [-0.2, -0.15) is 0 Å². The molecule has 0 radical (unpaired) electrons. The second kappa shape index (κ2) is 8.10. The molecule has 0 aliphatic carbocycles. The van der Waals surface area contributed by atoms with Gasteiger partial charge in [0, 0.05) is 19.1 Å². The Morgan fingerprint density at radius 3 is 2.86 bits per heavy atom. The molecule has 1 aromatic rings. The molecule has 116 valence electrons. The summed E-state index contributed by atoms with van der Waals surface area (Å²) < 4.78 is 12.8. The quantitative estimate of drug-likeness (QED) is 0.827. The van der Waals surface area contributed by atoms with E-state index in [1.165, 1.54) is 18.6 Å². The van der Waals surface area contributed by atoms with Gasteiger partial charge in [-0.05, 0) is 50.6 Å². The Labute approximate surface area is 125 Å². The number of amides is 1. The number of nitrogens with zero attached hydrogens (tertiary/aromatic N) is 1. The SMILES string of the molecule is CN(CC(=O)NCCc1ccc(F)cc1)C1CCCNC1. The lowest BCUT2D eigenvalue weighted by atomic mass is 10.1. The zero-order valence-electron chi connectivity index (χ0n) is 12.6. The minimum absolute atomic E-state index is 0.0465. The average Bonchev–Trinajstić information content (AvgIpc) is 2.50. The maximum absolute atomic E-state index is 12.8. The number of benzene rings is 1. The molecule has 1 aromatic carbocycles. The predicted octanol–water partition coefficient (Wildman–Crippen LogP) is 1.17. The Hall–Kier alpha value is -1.46. The van der Waals surface area contributed by atoms with Crippen LogP contribution >= 0.6 is 0 Å². The van der Waals surface area contributed by atoms with Crippen molar-refractivity contribution in [3.8, 4) is 0 Å². The molecule has 0 saturated carbocycles. The molecular weight excluding hydrogens is 269 g/mol. The number of hydrogen-bond acceptors (Lipinski definition) is 3. The van der Waals surface area contributed by atoms with E-state index < -0.39 is 0 Å². The summed E-state index contributed by atoms with van der Waals surface area (Å²) in [5.74, 6) is -0.185. The molecule has 1 fully saturated rings. The Bertz CT molecular complexity index is 443. The van der Waals surface area contributed by atoms with Crippen molar-refractivity contribution in [2.45, 2.75) is 25.3 Å². The van der Waals surface area contributed by atoms with Crippen LogP contribution in [0.2, 0.25) is 0 Å². The van der Waals surface area contributed by atoms with Crippen molar-refractivity contribution in [2.75, 3.05) is 33.2 Å². The molecule has 5 heteroatoms. The lowest BCUT2D eigenvalue weighted by Gasteiger charge is -2.31. The van der Waals surface area contributed by atoms with Gasteiger partial charge in [0.05, 0.1) is 6.54 Å². The predicted molar refractivity (Wildman–Crippen MR) is 81.6 cm³/mol. The normalized spacial score (nSPS) is 18.7. The first-order valence-electron chi connectivity index (χ1n) is 7.57. The second-order valence-electron chi connectivity index (χ2n) is 5.64. The van der Waals surface area contributed by atoms with Gasteiger partial charge in [-0.15, -0.1) is 0 Å². The molecule has 21 heavy (non-hydrogen) atoms. The molecule has 0 aromatic heterocycles. The Morgan fingerprint density at radius 1 is 1.43 bits per heavy atom. The number of piperidine rings is 1. The smallest absolute Gasteiger partial charge is 0.234 e. The van der Waals surface area contributed by atoms with E-state index in [0.29, 0.717) is 19.1 Å². The van der Waals surface area contributed by atoms with E-state index in [2.05, 4.69) is 15.5 Å². The summed E-state index contributed by atoms with van der Waals surface area (Å²) in [6.07, 6.45) is 3.04. The molecule has 1 aliphatic heterocycles. The fourth-order valence-corrected chi connectivity index (χ4v) is 2.62. The van der Waals surface area contributed by atoms with Gasteiger partial charge >= 0.3 is 0 Å². The molecule has 4 nitrogen and oxygen atoms in total. The molecule has 1 saturated heterocycles. The number of halogens is 1. The number of carbonyl (C=O) groups excluding carboxylic acids is 1. The molecule has 2 N–H and O–H groups in total. The number of rotatable bonds is 6. The molecule has 1 atom stereocenters. The van der Waals surface area contributed by atoms with E-state index >= 15 is 0 Å². The first-order valence-corrected chi connectivity index (χ1v) is 7.57. The van der Waals surface area contributed by atoms with Gasteiger partial charge in [-0.1, -0.05) is 12.1 Å². The van der Waals surface area contributed by atoms with Crippen molar-refractivity contribution in [1.82, 2.24) is 15.5 Å². The minimum atomic E-state index is -0.231. The lowest BCUT2D eigenvalue weighted by molar-refractivity contribution is -0.122. The molecule has 1 heterocycles. The van der Waals surface area contributed by atoms with E-state index in [9.17, 15) is 9.18 Å². The first-order chi connectivity index (χ1) is 10.1. The molecule has 1 unspecified atom stereocenters. The van der Waals surface area contributed by atoms with Gasteiger partial charge < -0.3 is 10.6 Å². The molecular formula is C16H24FN3O. The molecule has 2 rings (SSSR count). The van der Waals surface area contributed by atoms with Crippen LogP contribution in [-0.2, 0) is 11.2 Å². The van der Waals surface area contributed by atoms with Gasteiger partial charge in [0.2, 0.25) is 5.91 Å². The van der Waals surface area contributed by atoms with E-state index in [1.807, 2.05) is 7.05 Å². The highest BCUT2D eigenvalue weighted by molar-refractivity contribution is 5.78. The largest absolute Gasteiger partial charge is 0.355 e. The summed E-state index contributed by atoms with van der Waals surface area (Å²) >= 11 is 0. The van der Waals surface area contributed by atoms with Crippen molar-refractivity contribution in [2.24, 2.45) is 0 Å². The van der Waals surface area contributed by atoms with Crippen molar-refractivity contribution < 1.29 is 9.18 Å². The van der Waals surface area contributed by atoms with Crippen LogP contribution in [0.4, 0.5) is 4.39 Å². The van der Waals surface area contributed by atoms with E-state index in [0.717, 1.165) is 31.5 Å². The van der Waals surface area contributed by atoms with Crippen molar-refractivity contribution in [3.05, 3.63) is 35.6 Å². The van der Waals surface area contributed by atoms with E-state index in [4.69, 9.17) is 0 Å². The zero-order chi connectivity index (χ0) is 15.1.